The number of amides is 1. The second-order valence-corrected chi connectivity index (χ2v) is 5.79. The third-order valence-corrected chi connectivity index (χ3v) is 3.72. The van der Waals surface area contributed by atoms with Crippen molar-refractivity contribution >= 4 is 11.6 Å². The fourth-order valence-corrected chi connectivity index (χ4v) is 2.51. The zero-order valence-corrected chi connectivity index (χ0v) is 14.3. The van der Waals surface area contributed by atoms with Gasteiger partial charge in [0.2, 0.25) is 5.91 Å². The first-order valence-electron chi connectivity index (χ1n) is 8.14. The molecule has 130 valence electrons. The highest BCUT2D eigenvalue weighted by Gasteiger charge is 2.10. The minimum atomic E-state index is -0.155. The largest absolute Gasteiger partial charge is 0.497 e. The fourth-order valence-electron chi connectivity index (χ4n) is 2.51. The van der Waals surface area contributed by atoms with E-state index < -0.39 is 0 Å². The predicted molar refractivity (Wildman–Crippen MR) is 95.0 cm³/mol. The number of hydrogen-bond acceptors (Lipinski definition) is 4. The van der Waals surface area contributed by atoms with Crippen molar-refractivity contribution in [3.8, 4) is 11.5 Å². The maximum atomic E-state index is 12.1. The average molecular weight is 339 g/mol. The maximum Gasteiger partial charge on any atom is 0.226 e. The minimum absolute atomic E-state index is 0.0792. The molecule has 1 amide bonds. The molecule has 6 heteroatoms. The standard InChI is InChI=1S/C19H21N3O3/c1-14(25-17-7-5-6-16(11-17)24-2)12-20-19(23)10-15-13-22-9-4-3-8-18(22)21-15/h3-9,11,13-14H,10,12H2,1-2H3,(H,20,23)/t14-/m1/s1. The smallest absolute Gasteiger partial charge is 0.226 e. The first kappa shape index (κ1) is 16.8. The molecular formula is C19H21N3O3. The molecule has 0 aliphatic rings. The number of imidazole rings is 1. The van der Waals surface area contributed by atoms with Crippen LogP contribution in [0.1, 0.15) is 12.6 Å². The Labute approximate surface area is 146 Å². The molecule has 0 bridgehead atoms. The van der Waals surface area contributed by atoms with Crippen LogP contribution in [0.25, 0.3) is 5.65 Å². The summed E-state index contributed by atoms with van der Waals surface area (Å²) in [5.74, 6) is 1.37. The maximum absolute atomic E-state index is 12.1. The van der Waals surface area contributed by atoms with E-state index in [1.165, 1.54) is 0 Å². The Kier molecular flexibility index (Phi) is 5.18. The highest BCUT2D eigenvalue weighted by atomic mass is 16.5. The van der Waals surface area contributed by atoms with E-state index in [9.17, 15) is 4.79 Å². The van der Waals surface area contributed by atoms with Gasteiger partial charge in [-0.05, 0) is 31.2 Å². The molecule has 0 saturated heterocycles. The molecule has 0 saturated carbocycles. The Morgan fingerprint density at radius 3 is 2.88 bits per heavy atom. The van der Waals surface area contributed by atoms with E-state index in [4.69, 9.17) is 9.47 Å². The van der Waals surface area contributed by atoms with Gasteiger partial charge in [0, 0.05) is 18.5 Å². The normalized spacial score (nSPS) is 11.9. The van der Waals surface area contributed by atoms with Gasteiger partial charge in [0.1, 0.15) is 23.3 Å². The number of carbonyl (C=O) groups is 1. The van der Waals surface area contributed by atoms with Crippen LogP contribution in [0.4, 0.5) is 0 Å². The van der Waals surface area contributed by atoms with E-state index in [0.717, 1.165) is 17.1 Å². The molecule has 25 heavy (non-hydrogen) atoms. The molecule has 6 nitrogen and oxygen atoms in total. The van der Waals surface area contributed by atoms with Crippen LogP contribution in [0.5, 0.6) is 11.5 Å². The van der Waals surface area contributed by atoms with E-state index >= 15 is 0 Å². The van der Waals surface area contributed by atoms with Gasteiger partial charge in [0.05, 0.1) is 25.8 Å². The summed E-state index contributed by atoms with van der Waals surface area (Å²) in [6.45, 7) is 2.33. The first-order valence-corrected chi connectivity index (χ1v) is 8.14. The van der Waals surface area contributed by atoms with Gasteiger partial charge in [0.15, 0.2) is 0 Å². The lowest BCUT2D eigenvalue weighted by molar-refractivity contribution is -0.120. The first-order chi connectivity index (χ1) is 12.1. The van der Waals surface area contributed by atoms with Crippen molar-refractivity contribution in [2.75, 3.05) is 13.7 Å². The quantitative estimate of drug-likeness (QED) is 0.718. The number of methoxy groups -OCH3 is 1. The Morgan fingerprint density at radius 1 is 1.24 bits per heavy atom. The number of nitrogens with one attached hydrogen (secondary N) is 1. The molecule has 0 spiro atoms. The van der Waals surface area contributed by atoms with Gasteiger partial charge in [-0.1, -0.05) is 12.1 Å². The summed E-state index contributed by atoms with van der Waals surface area (Å²) >= 11 is 0. The number of ether oxygens (including phenoxy) is 2. The van der Waals surface area contributed by atoms with E-state index in [1.54, 1.807) is 7.11 Å². The van der Waals surface area contributed by atoms with Gasteiger partial charge in [0.25, 0.3) is 0 Å². The summed E-state index contributed by atoms with van der Waals surface area (Å²) in [7, 11) is 1.61. The molecule has 3 aromatic rings. The SMILES string of the molecule is COc1cccc(O[C@H](C)CNC(=O)Cc2cn3ccccc3n2)c1. The van der Waals surface area contributed by atoms with E-state index in [2.05, 4.69) is 10.3 Å². The third-order valence-electron chi connectivity index (χ3n) is 3.72. The molecule has 0 unspecified atom stereocenters. The molecule has 2 heterocycles. The second kappa shape index (κ2) is 7.70. The molecule has 0 radical (unpaired) electrons. The van der Waals surface area contributed by atoms with Crippen molar-refractivity contribution in [2.45, 2.75) is 19.4 Å². The highest BCUT2D eigenvalue weighted by molar-refractivity contribution is 5.78. The molecular weight excluding hydrogens is 318 g/mol. The molecule has 0 aliphatic carbocycles. The Hall–Kier alpha value is -3.02. The minimum Gasteiger partial charge on any atom is -0.497 e. The van der Waals surface area contributed by atoms with Gasteiger partial charge >= 0.3 is 0 Å². The van der Waals surface area contributed by atoms with Crippen molar-refractivity contribution in [1.82, 2.24) is 14.7 Å². The van der Waals surface area contributed by atoms with Gasteiger partial charge < -0.3 is 19.2 Å². The van der Waals surface area contributed by atoms with Crippen LogP contribution >= 0.6 is 0 Å². The summed E-state index contributed by atoms with van der Waals surface area (Å²) in [4.78, 5) is 16.5. The van der Waals surface area contributed by atoms with Crippen LogP contribution in [0.2, 0.25) is 0 Å². The van der Waals surface area contributed by atoms with E-state index in [1.807, 2.05) is 66.2 Å². The van der Waals surface area contributed by atoms with Crippen molar-refractivity contribution < 1.29 is 14.3 Å². The molecule has 0 fully saturated rings. The number of aromatic nitrogens is 2. The zero-order valence-electron chi connectivity index (χ0n) is 14.3. The molecule has 2 aromatic heterocycles. The van der Waals surface area contributed by atoms with Crippen LogP contribution in [0, 0.1) is 0 Å². The second-order valence-electron chi connectivity index (χ2n) is 5.79. The molecule has 0 aliphatic heterocycles. The van der Waals surface area contributed by atoms with Crippen molar-refractivity contribution in [1.29, 1.82) is 0 Å². The number of nitrogens with zero attached hydrogens (tertiary/aromatic N) is 2. The van der Waals surface area contributed by atoms with E-state index in [0.29, 0.717) is 12.3 Å². The molecule has 1 aromatic carbocycles. The van der Waals surface area contributed by atoms with Gasteiger partial charge in [-0.15, -0.1) is 0 Å². The topological polar surface area (TPSA) is 64.9 Å². The third kappa shape index (κ3) is 4.50. The van der Waals surface area contributed by atoms with Crippen LogP contribution < -0.4 is 14.8 Å². The number of fused-ring (bicyclic) bond motifs is 1. The number of pyridine rings is 1. The monoisotopic (exact) mass is 339 g/mol. The van der Waals surface area contributed by atoms with Crippen LogP contribution in [-0.2, 0) is 11.2 Å². The predicted octanol–water partition coefficient (Wildman–Crippen LogP) is 2.47. The Bertz CT molecular complexity index is 827. The lowest BCUT2D eigenvalue weighted by Crippen LogP contribution is -2.34. The summed E-state index contributed by atoms with van der Waals surface area (Å²) < 4.78 is 12.9. The fraction of sp³-hybridized carbons (Fsp3) is 0.263. The summed E-state index contributed by atoms with van der Waals surface area (Å²) in [5, 5.41) is 2.88. The van der Waals surface area contributed by atoms with Crippen molar-refractivity contribution in [3.05, 3.63) is 60.6 Å². The Morgan fingerprint density at radius 2 is 2.08 bits per heavy atom. The van der Waals surface area contributed by atoms with Crippen molar-refractivity contribution in [3.63, 3.8) is 0 Å². The summed E-state index contributed by atoms with van der Waals surface area (Å²) in [6, 6.07) is 13.1. The average Bonchev–Trinajstić information content (AvgIpc) is 3.02. The number of benzene rings is 1. The number of rotatable bonds is 7. The molecule has 1 atom stereocenters. The van der Waals surface area contributed by atoms with Crippen molar-refractivity contribution in [2.24, 2.45) is 0 Å². The lowest BCUT2D eigenvalue weighted by Gasteiger charge is -2.15. The van der Waals surface area contributed by atoms with Gasteiger partial charge in [-0.2, -0.15) is 0 Å². The zero-order chi connectivity index (χ0) is 17.6. The molecule has 3 rings (SSSR count). The van der Waals surface area contributed by atoms with Crippen LogP contribution in [0.3, 0.4) is 0 Å². The summed E-state index contributed by atoms with van der Waals surface area (Å²) in [6.07, 6.45) is 3.86. The summed E-state index contributed by atoms with van der Waals surface area (Å²) in [5.41, 5.74) is 1.57. The van der Waals surface area contributed by atoms with Crippen LogP contribution in [0.15, 0.2) is 54.9 Å². The Balaban J connectivity index is 1.49. The number of carbonyl (C=O) groups excluding carboxylic acids is 1. The van der Waals surface area contributed by atoms with Crippen LogP contribution in [-0.4, -0.2) is 35.1 Å². The highest BCUT2D eigenvalue weighted by Crippen LogP contribution is 2.19. The van der Waals surface area contributed by atoms with Gasteiger partial charge in [-0.3, -0.25) is 4.79 Å². The molecule has 1 N–H and O–H groups in total. The number of hydrogen-bond donors (Lipinski definition) is 1. The van der Waals surface area contributed by atoms with Gasteiger partial charge in [-0.25, -0.2) is 4.98 Å². The lowest BCUT2D eigenvalue weighted by atomic mass is 10.3. The van der Waals surface area contributed by atoms with E-state index in [-0.39, 0.29) is 18.4 Å².